The number of ether oxygens (including phenoxy) is 1. The van der Waals surface area contributed by atoms with Gasteiger partial charge in [0.05, 0.1) is 11.8 Å². The van der Waals surface area contributed by atoms with Crippen molar-refractivity contribution in [2.75, 3.05) is 13.2 Å². The average Bonchev–Trinajstić information content (AvgIpc) is 2.59. The second-order valence-corrected chi connectivity index (χ2v) is 6.80. The monoisotopic (exact) mass is 349 g/mol. The number of benzene rings is 2. The van der Waals surface area contributed by atoms with Crippen molar-refractivity contribution in [3.8, 4) is 5.75 Å². The standard InChI is InChI=1S/C18H20ClNO2S/c1-14(23-13-15-5-3-2-4-6-15)18(21)20-11-12-22-17-9-7-16(19)8-10-17/h2-10,14H,11-13H2,1H3,(H,20,21)/t14-/m0/s1. The molecule has 2 rings (SSSR count). The molecule has 5 heteroatoms. The Balaban J connectivity index is 1.63. The Morgan fingerprint density at radius 3 is 2.57 bits per heavy atom. The molecule has 0 radical (unpaired) electrons. The maximum Gasteiger partial charge on any atom is 0.232 e. The molecule has 122 valence electrons. The van der Waals surface area contributed by atoms with Gasteiger partial charge in [0, 0.05) is 10.8 Å². The normalized spacial score (nSPS) is 11.7. The Kier molecular flexibility index (Phi) is 7.30. The number of thioether (sulfide) groups is 1. The molecule has 0 aliphatic heterocycles. The zero-order valence-electron chi connectivity index (χ0n) is 13.0. The van der Waals surface area contributed by atoms with Gasteiger partial charge in [-0.2, -0.15) is 0 Å². The van der Waals surface area contributed by atoms with E-state index in [9.17, 15) is 4.79 Å². The van der Waals surface area contributed by atoms with E-state index in [0.717, 1.165) is 11.5 Å². The molecule has 2 aromatic rings. The van der Waals surface area contributed by atoms with E-state index in [1.54, 1.807) is 23.9 Å². The van der Waals surface area contributed by atoms with Crippen molar-refractivity contribution in [2.45, 2.75) is 17.9 Å². The van der Waals surface area contributed by atoms with Crippen LogP contribution < -0.4 is 10.1 Å². The number of halogens is 1. The third kappa shape index (κ3) is 6.55. The summed E-state index contributed by atoms with van der Waals surface area (Å²) in [5.41, 5.74) is 1.23. The van der Waals surface area contributed by atoms with E-state index in [2.05, 4.69) is 17.4 Å². The summed E-state index contributed by atoms with van der Waals surface area (Å²) in [7, 11) is 0. The fourth-order valence-electron chi connectivity index (χ4n) is 1.89. The topological polar surface area (TPSA) is 38.3 Å². The number of rotatable bonds is 8. The molecule has 0 aliphatic carbocycles. The van der Waals surface area contributed by atoms with Crippen LogP contribution in [0, 0.1) is 0 Å². The minimum atomic E-state index is -0.0919. The van der Waals surface area contributed by atoms with Crippen molar-refractivity contribution in [1.82, 2.24) is 5.32 Å². The van der Waals surface area contributed by atoms with E-state index in [-0.39, 0.29) is 11.2 Å². The third-order valence-corrected chi connectivity index (χ3v) is 4.66. The zero-order chi connectivity index (χ0) is 16.5. The Bertz CT molecular complexity index is 604. The van der Waals surface area contributed by atoms with E-state index in [0.29, 0.717) is 18.2 Å². The SMILES string of the molecule is C[C@H](SCc1ccccc1)C(=O)NCCOc1ccc(Cl)cc1. The predicted molar refractivity (Wildman–Crippen MR) is 97.2 cm³/mol. The Morgan fingerprint density at radius 2 is 1.87 bits per heavy atom. The highest BCUT2D eigenvalue weighted by Gasteiger charge is 2.12. The minimum absolute atomic E-state index is 0.0330. The molecular weight excluding hydrogens is 330 g/mol. The van der Waals surface area contributed by atoms with Gasteiger partial charge in [-0.3, -0.25) is 4.79 Å². The molecular formula is C18H20ClNO2S. The van der Waals surface area contributed by atoms with Crippen molar-refractivity contribution in [1.29, 1.82) is 0 Å². The molecule has 0 saturated heterocycles. The van der Waals surface area contributed by atoms with Crippen molar-refractivity contribution in [3.63, 3.8) is 0 Å². The Labute approximate surface area is 146 Å². The highest BCUT2D eigenvalue weighted by Crippen LogP contribution is 2.17. The second kappa shape index (κ2) is 9.48. The lowest BCUT2D eigenvalue weighted by molar-refractivity contribution is -0.120. The van der Waals surface area contributed by atoms with Crippen LogP contribution in [0.5, 0.6) is 5.75 Å². The van der Waals surface area contributed by atoms with Crippen molar-refractivity contribution >= 4 is 29.3 Å². The van der Waals surface area contributed by atoms with Crippen LogP contribution in [0.25, 0.3) is 0 Å². The first-order valence-electron chi connectivity index (χ1n) is 7.47. The molecule has 0 aliphatic rings. The van der Waals surface area contributed by atoms with Gasteiger partial charge in [0.1, 0.15) is 12.4 Å². The summed E-state index contributed by atoms with van der Waals surface area (Å²) in [4.78, 5) is 12.0. The Hall–Kier alpha value is -1.65. The molecule has 3 nitrogen and oxygen atoms in total. The first-order chi connectivity index (χ1) is 11.1. The first kappa shape index (κ1) is 17.7. The number of amides is 1. The van der Waals surface area contributed by atoms with Crippen LogP contribution in [0.2, 0.25) is 5.02 Å². The number of hydrogen-bond donors (Lipinski definition) is 1. The lowest BCUT2D eigenvalue weighted by Crippen LogP contribution is -2.34. The molecule has 0 spiro atoms. The van der Waals surface area contributed by atoms with Crippen LogP contribution in [-0.2, 0) is 10.5 Å². The minimum Gasteiger partial charge on any atom is -0.492 e. The van der Waals surface area contributed by atoms with Crippen LogP contribution in [0.15, 0.2) is 54.6 Å². The molecule has 0 aromatic heterocycles. The number of hydrogen-bond acceptors (Lipinski definition) is 3. The van der Waals surface area contributed by atoms with Crippen LogP contribution in [-0.4, -0.2) is 24.3 Å². The molecule has 23 heavy (non-hydrogen) atoms. The lowest BCUT2D eigenvalue weighted by Gasteiger charge is -2.12. The summed E-state index contributed by atoms with van der Waals surface area (Å²) in [6.45, 7) is 2.84. The average molecular weight is 350 g/mol. The summed E-state index contributed by atoms with van der Waals surface area (Å²) in [6.07, 6.45) is 0. The van der Waals surface area contributed by atoms with Gasteiger partial charge in [0.25, 0.3) is 0 Å². The van der Waals surface area contributed by atoms with Gasteiger partial charge < -0.3 is 10.1 Å². The molecule has 0 heterocycles. The van der Waals surface area contributed by atoms with Gasteiger partial charge in [0.2, 0.25) is 5.91 Å². The Morgan fingerprint density at radius 1 is 1.17 bits per heavy atom. The van der Waals surface area contributed by atoms with E-state index < -0.39 is 0 Å². The smallest absolute Gasteiger partial charge is 0.232 e. The van der Waals surface area contributed by atoms with Gasteiger partial charge in [-0.25, -0.2) is 0 Å². The predicted octanol–water partition coefficient (Wildman–Crippen LogP) is 4.16. The summed E-state index contributed by atoms with van der Waals surface area (Å²) in [5.74, 6) is 1.61. The first-order valence-corrected chi connectivity index (χ1v) is 8.89. The highest BCUT2D eigenvalue weighted by atomic mass is 35.5. The van der Waals surface area contributed by atoms with Crippen LogP contribution in [0.3, 0.4) is 0 Å². The maximum absolute atomic E-state index is 12.0. The van der Waals surface area contributed by atoms with Crippen LogP contribution in [0.1, 0.15) is 12.5 Å². The largest absolute Gasteiger partial charge is 0.492 e. The van der Waals surface area contributed by atoms with Gasteiger partial charge >= 0.3 is 0 Å². The molecule has 0 saturated carbocycles. The van der Waals surface area contributed by atoms with Gasteiger partial charge in [-0.15, -0.1) is 11.8 Å². The van der Waals surface area contributed by atoms with E-state index in [1.165, 1.54) is 5.56 Å². The molecule has 1 amide bonds. The maximum atomic E-state index is 12.0. The van der Waals surface area contributed by atoms with Crippen molar-refractivity contribution < 1.29 is 9.53 Å². The molecule has 1 N–H and O–H groups in total. The number of carbonyl (C=O) groups is 1. The van der Waals surface area contributed by atoms with E-state index in [4.69, 9.17) is 16.3 Å². The van der Waals surface area contributed by atoms with Crippen molar-refractivity contribution in [3.05, 3.63) is 65.2 Å². The van der Waals surface area contributed by atoms with Gasteiger partial charge in [-0.1, -0.05) is 41.9 Å². The van der Waals surface area contributed by atoms with Crippen LogP contribution >= 0.6 is 23.4 Å². The summed E-state index contributed by atoms with van der Waals surface area (Å²) < 4.78 is 5.54. The fraction of sp³-hybridized carbons (Fsp3) is 0.278. The molecule has 0 unspecified atom stereocenters. The molecule has 1 atom stereocenters. The highest BCUT2D eigenvalue weighted by molar-refractivity contribution is 7.99. The quantitative estimate of drug-likeness (QED) is 0.727. The summed E-state index contributed by atoms with van der Waals surface area (Å²) >= 11 is 7.43. The van der Waals surface area contributed by atoms with Gasteiger partial charge in [-0.05, 0) is 36.8 Å². The van der Waals surface area contributed by atoms with Gasteiger partial charge in [0.15, 0.2) is 0 Å². The molecule has 2 aromatic carbocycles. The van der Waals surface area contributed by atoms with Crippen LogP contribution in [0.4, 0.5) is 0 Å². The lowest BCUT2D eigenvalue weighted by atomic mass is 10.2. The van der Waals surface area contributed by atoms with Crippen molar-refractivity contribution in [2.24, 2.45) is 0 Å². The molecule has 0 bridgehead atoms. The molecule has 0 fully saturated rings. The van der Waals surface area contributed by atoms with E-state index >= 15 is 0 Å². The summed E-state index contributed by atoms with van der Waals surface area (Å²) in [5, 5.41) is 3.47. The number of nitrogens with one attached hydrogen (secondary N) is 1. The second-order valence-electron chi connectivity index (χ2n) is 5.03. The third-order valence-electron chi connectivity index (χ3n) is 3.20. The van der Waals surface area contributed by atoms with E-state index in [1.807, 2.05) is 37.3 Å². The summed E-state index contributed by atoms with van der Waals surface area (Å²) in [6, 6.07) is 17.3. The number of carbonyl (C=O) groups excluding carboxylic acids is 1. The zero-order valence-corrected chi connectivity index (χ0v) is 14.6. The fourth-order valence-corrected chi connectivity index (χ4v) is 2.88.